The van der Waals surface area contributed by atoms with E-state index in [0.717, 1.165) is 61.7 Å². The number of hydrogen-bond acceptors (Lipinski definition) is 3. The van der Waals surface area contributed by atoms with Gasteiger partial charge in [-0.2, -0.15) is 0 Å². The van der Waals surface area contributed by atoms with Crippen LogP contribution in [0.25, 0.3) is 57.5 Å². The molecule has 0 aliphatic carbocycles. The van der Waals surface area contributed by atoms with E-state index in [-0.39, 0.29) is 0 Å². The Morgan fingerprint density at radius 3 is 2.03 bits per heavy atom. The van der Waals surface area contributed by atoms with Crippen LogP contribution in [0.5, 0.6) is 5.75 Å². The number of aromatic amines is 2. The molecule has 1 aromatic carbocycles. The highest BCUT2D eigenvalue weighted by molar-refractivity contribution is 5.93. The zero-order chi connectivity index (χ0) is 21.5. The average molecular weight is 416 g/mol. The predicted molar refractivity (Wildman–Crippen MR) is 131 cm³/mol. The minimum absolute atomic E-state index is 0.803. The van der Waals surface area contributed by atoms with Crippen molar-refractivity contribution in [3.05, 3.63) is 89.5 Å². The third-order valence-electron chi connectivity index (χ3n) is 5.60. The highest BCUT2D eigenvalue weighted by atomic mass is 16.5. The van der Waals surface area contributed by atoms with Crippen LogP contribution in [0.1, 0.15) is 22.8 Å². The molecule has 3 aromatic heterocycles. The average Bonchev–Trinajstić information content (AvgIpc) is 3.60. The van der Waals surface area contributed by atoms with Crippen molar-refractivity contribution < 1.29 is 4.74 Å². The topological polar surface area (TPSA) is 66.6 Å². The fourth-order valence-corrected chi connectivity index (χ4v) is 4.14. The van der Waals surface area contributed by atoms with Crippen LogP contribution in [-0.2, 0) is 0 Å². The third kappa shape index (κ3) is 3.30. The van der Waals surface area contributed by atoms with Gasteiger partial charge in [0.05, 0.1) is 29.9 Å². The van der Waals surface area contributed by atoms with Crippen LogP contribution in [0.4, 0.5) is 0 Å². The molecule has 5 heteroatoms. The highest BCUT2D eigenvalue weighted by Gasteiger charge is 2.14. The van der Waals surface area contributed by atoms with Crippen molar-refractivity contribution in [2.75, 3.05) is 7.11 Å². The SMILES string of the molecule is COc1ccccc1-c1c2nc(cc3ccc(cc4nc(cc5ccc1[nH]5)C=C4)[nH]3)C=C2. The smallest absolute Gasteiger partial charge is 0.126 e. The zero-order valence-electron chi connectivity index (χ0n) is 17.5. The molecule has 5 nitrogen and oxygen atoms in total. The number of aromatic nitrogens is 4. The number of hydrogen-bond donors (Lipinski definition) is 2. The Balaban J connectivity index is 1.73. The van der Waals surface area contributed by atoms with Gasteiger partial charge in [-0.3, -0.25) is 0 Å². The van der Waals surface area contributed by atoms with Gasteiger partial charge in [-0.05, 0) is 72.8 Å². The van der Waals surface area contributed by atoms with Crippen LogP contribution in [0.3, 0.4) is 0 Å². The molecule has 0 fully saturated rings. The van der Waals surface area contributed by atoms with E-state index < -0.39 is 0 Å². The van der Waals surface area contributed by atoms with Gasteiger partial charge < -0.3 is 14.7 Å². The normalized spacial score (nSPS) is 12.3. The molecule has 0 atom stereocenters. The minimum Gasteiger partial charge on any atom is -0.496 e. The van der Waals surface area contributed by atoms with E-state index in [1.807, 2.05) is 54.6 Å². The molecule has 8 bridgehead atoms. The lowest BCUT2D eigenvalue weighted by Crippen LogP contribution is -1.90. The van der Waals surface area contributed by atoms with Crippen molar-refractivity contribution in [2.45, 2.75) is 0 Å². The maximum Gasteiger partial charge on any atom is 0.126 e. The summed E-state index contributed by atoms with van der Waals surface area (Å²) < 4.78 is 5.68. The summed E-state index contributed by atoms with van der Waals surface area (Å²) in [6.45, 7) is 0. The first-order chi connectivity index (χ1) is 15.7. The Bertz CT molecular complexity index is 1570. The first-order valence-electron chi connectivity index (χ1n) is 10.5. The fourth-order valence-electron chi connectivity index (χ4n) is 4.14. The molecule has 4 aromatic rings. The molecule has 0 saturated carbocycles. The fraction of sp³-hybridized carbons (Fsp3) is 0.0370. The molecule has 2 aliphatic heterocycles. The number of H-pyrrole nitrogens is 2. The number of benzene rings is 1. The minimum atomic E-state index is 0.803. The van der Waals surface area contributed by atoms with E-state index in [4.69, 9.17) is 14.7 Å². The van der Waals surface area contributed by atoms with E-state index >= 15 is 0 Å². The molecule has 154 valence electrons. The number of ether oxygens (including phenoxy) is 1. The Labute approximate surface area is 184 Å². The molecular weight excluding hydrogens is 396 g/mol. The van der Waals surface area contributed by atoms with E-state index in [1.165, 1.54) is 0 Å². The summed E-state index contributed by atoms with van der Waals surface area (Å²) in [5.41, 5.74) is 9.51. The molecule has 0 spiro atoms. The van der Waals surface area contributed by atoms with E-state index in [0.29, 0.717) is 0 Å². The van der Waals surface area contributed by atoms with Gasteiger partial charge in [-0.15, -0.1) is 0 Å². The maximum atomic E-state index is 5.68. The summed E-state index contributed by atoms with van der Waals surface area (Å²) >= 11 is 0. The highest BCUT2D eigenvalue weighted by Crippen LogP contribution is 2.35. The molecule has 0 radical (unpaired) electrons. The van der Waals surface area contributed by atoms with Gasteiger partial charge in [-0.25, -0.2) is 9.97 Å². The van der Waals surface area contributed by atoms with Crippen LogP contribution < -0.4 is 4.74 Å². The Morgan fingerprint density at radius 2 is 1.28 bits per heavy atom. The summed E-state index contributed by atoms with van der Waals surface area (Å²) in [5, 5.41) is 0. The molecule has 2 aliphatic rings. The molecule has 2 N–H and O–H groups in total. The number of nitrogens with one attached hydrogen (secondary N) is 2. The van der Waals surface area contributed by atoms with E-state index in [2.05, 4.69) is 46.4 Å². The van der Waals surface area contributed by atoms with Crippen LogP contribution >= 0.6 is 0 Å². The molecule has 0 amide bonds. The first-order valence-corrected chi connectivity index (χ1v) is 10.5. The van der Waals surface area contributed by atoms with Crippen molar-refractivity contribution in [1.29, 1.82) is 0 Å². The summed E-state index contributed by atoms with van der Waals surface area (Å²) in [4.78, 5) is 16.6. The van der Waals surface area contributed by atoms with Gasteiger partial charge >= 0.3 is 0 Å². The molecule has 32 heavy (non-hydrogen) atoms. The van der Waals surface area contributed by atoms with Gasteiger partial charge in [0.2, 0.25) is 0 Å². The van der Waals surface area contributed by atoms with Crippen LogP contribution in [0.2, 0.25) is 0 Å². The van der Waals surface area contributed by atoms with Crippen LogP contribution in [0, 0.1) is 0 Å². The first kappa shape index (κ1) is 18.4. The maximum absolute atomic E-state index is 5.68. The monoisotopic (exact) mass is 416 g/mol. The van der Waals surface area contributed by atoms with E-state index in [9.17, 15) is 0 Å². The van der Waals surface area contributed by atoms with Gasteiger partial charge in [0, 0.05) is 33.2 Å². The standard InChI is InChI=1S/C27H20N4O/c1-32-26-5-3-2-4-23(26)27-24-12-10-21(30-24)15-19-8-6-17(28-19)14-18-7-9-20(29-18)16-22-11-13-25(27)31-22/h2-16,28,31H,1H3. The number of rotatable bonds is 2. The second-order valence-electron chi connectivity index (χ2n) is 7.75. The predicted octanol–water partition coefficient (Wildman–Crippen LogP) is 6.33. The Morgan fingerprint density at radius 1 is 0.656 bits per heavy atom. The van der Waals surface area contributed by atoms with Crippen molar-refractivity contribution >= 4 is 46.4 Å². The lowest BCUT2D eigenvalue weighted by molar-refractivity contribution is 0.416. The van der Waals surface area contributed by atoms with E-state index in [1.54, 1.807) is 7.11 Å². The van der Waals surface area contributed by atoms with Crippen molar-refractivity contribution in [3.63, 3.8) is 0 Å². The van der Waals surface area contributed by atoms with Crippen molar-refractivity contribution in [1.82, 2.24) is 19.9 Å². The molecule has 6 rings (SSSR count). The van der Waals surface area contributed by atoms with Crippen LogP contribution in [0.15, 0.2) is 66.7 Å². The second kappa shape index (κ2) is 7.39. The lowest BCUT2D eigenvalue weighted by Gasteiger charge is -2.09. The van der Waals surface area contributed by atoms with Crippen LogP contribution in [-0.4, -0.2) is 27.0 Å². The number of methoxy groups -OCH3 is 1. The Hall–Kier alpha value is -4.38. The quantitative estimate of drug-likeness (QED) is 0.346. The zero-order valence-corrected chi connectivity index (χ0v) is 17.5. The van der Waals surface area contributed by atoms with Crippen molar-refractivity contribution in [3.8, 4) is 16.9 Å². The molecule has 0 unspecified atom stereocenters. The second-order valence-corrected chi connectivity index (χ2v) is 7.75. The summed E-state index contributed by atoms with van der Waals surface area (Å²) in [6.07, 6.45) is 8.13. The van der Waals surface area contributed by atoms with Gasteiger partial charge in [-0.1, -0.05) is 18.2 Å². The molecule has 5 heterocycles. The number of nitrogens with zero attached hydrogens (tertiary/aromatic N) is 2. The van der Waals surface area contributed by atoms with Crippen molar-refractivity contribution in [2.24, 2.45) is 0 Å². The third-order valence-corrected chi connectivity index (χ3v) is 5.60. The Kier molecular flexibility index (Phi) is 4.25. The lowest BCUT2D eigenvalue weighted by atomic mass is 10.0. The number of fused-ring (bicyclic) bond motifs is 8. The number of para-hydroxylation sites is 1. The van der Waals surface area contributed by atoms with Gasteiger partial charge in [0.1, 0.15) is 5.75 Å². The largest absolute Gasteiger partial charge is 0.496 e. The van der Waals surface area contributed by atoms with Gasteiger partial charge in [0.25, 0.3) is 0 Å². The summed E-state index contributed by atoms with van der Waals surface area (Å²) in [6, 6.07) is 22.4. The van der Waals surface area contributed by atoms with Gasteiger partial charge in [0.15, 0.2) is 0 Å². The molecular formula is C27H20N4O. The summed E-state index contributed by atoms with van der Waals surface area (Å²) in [7, 11) is 1.69. The summed E-state index contributed by atoms with van der Waals surface area (Å²) in [5.74, 6) is 0.803. The molecule has 0 saturated heterocycles.